The minimum atomic E-state index is -1.13. The van der Waals surface area contributed by atoms with Crippen LogP contribution in [0.15, 0.2) is 48.5 Å². The molecule has 1 aliphatic heterocycles. The van der Waals surface area contributed by atoms with Gasteiger partial charge in [-0.2, -0.15) is 0 Å². The van der Waals surface area contributed by atoms with Crippen molar-refractivity contribution in [2.24, 2.45) is 5.41 Å². The predicted octanol–water partition coefficient (Wildman–Crippen LogP) is 1.44. The summed E-state index contributed by atoms with van der Waals surface area (Å²) in [5.41, 5.74) is 0.0137. The zero-order chi connectivity index (χ0) is 24.3. The van der Waals surface area contributed by atoms with E-state index in [-0.39, 0.29) is 30.9 Å². The van der Waals surface area contributed by atoms with Crippen LogP contribution in [0.5, 0.6) is 0 Å². The quantitative estimate of drug-likeness (QED) is 0.321. The van der Waals surface area contributed by atoms with E-state index in [1.165, 1.54) is 18.2 Å². The normalized spacial score (nSPS) is 11.9. The van der Waals surface area contributed by atoms with E-state index in [1.807, 2.05) is 6.92 Å². The molecule has 0 saturated carbocycles. The van der Waals surface area contributed by atoms with E-state index in [0.717, 1.165) is 6.07 Å². The first kappa shape index (κ1) is 26.4. The van der Waals surface area contributed by atoms with Gasteiger partial charge in [0.25, 0.3) is 0 Å². The molecule has 0 saturated heterocycles. The van der Waals surface area contributed by atoms with Crippen LogP contribution < -0.4 is 0 Å². The lowest BCUT2D eigenvalue weighted by Gasteiger charge is -2.24. The second-order valence-corrected chi connectivity index (χ2v) is 6.74. The highest BCUT2D eigenvalue weighted by Crippen LogP contribution is 2.19. The van der Waals surface area contributed by atoms with Crippen molar-refractivity contribution < 1.29 is 49.4 Å². The number of carboxylic acids is 2. The Morgan fingerprint density at radius 2 is 1.19 bits per heavy atom. The number of cyclic esters (lactones) is 2. The number of aliphatic hydroxyl groups excluding tert-OH is 3. The van der Waals surface area contributed by atoms with Gasteiger partial charge in [-0.1, -0.05) is 25.1 Å². The molecular weight excluding hydrogens is 424 g/mol. The van der Waals surface area contributed by atoms with Gasteiger partial charge in [-0.15, -0.1) is 0 Å². The van der Waals surface area contributed by atoms with Gasteiger partial charge in [-0.3, -0.25) is 0 Å². The third-order valence-electron chi connectivity index (χ3n) is 4.66. The van der Waals surface area contributed by atoms with Gasteiger partial charge in [0, 0.05) is 5.41 Å². The highest BCUT2D eigenvalue weighted by Gasteiger charge is 2.28. The van der Waals surface area contributed by atoms with Crippen LogP contribution in [0.4, 0.5) is 0 Å². The van der Waals surface area contributed by atoms with Gasteiger partial charge < -0.3 is 30.3 Å². The Morgan fingerprint density at radius 1 is 0.781 bits per heavy atom. The molecule has 1 heterocycles. The molecule has 10 nitrogen and oxygen atoms in total. The van der Waals surface area contributed by atoms with E-state index in [9.17, 15) is 19.2 Å². The van der Waals surface area contributed by atoms with E-state index < -0.39 is 29.3 Å². The average molecular weight is 448 g/mol. The van der Waals surface area contributed by atoms with Crippen LogP contribution in [-0.4, -0.2) is 69.2 Å². The average Bonchev–Trinajstić information content (AvgIpc) is 3.10. The molecule has 2 aromatic rings. The smallest absolute Gasteiger partial charge is 0.346 e. The van der Waals surface area contributed by atoms with Crippen molar-refractivity contribution in [2.45, 2.75) is 13.3 Å². The van der Waals surface area contributed by atoms with Crippen LogP contribution in [0.25, 0.3) is 0 Å². The fraction of sp³-hybridized carbons (Fsp3) is 0.273. The Bertz CT molecular complexity index is 883. The lowest BCUT2D eigenvalue weighted by Crippen LogP contribution is -2.32. The summed E-state index contributed by atoms with van der Waals surface area (Å²) in [5.74, 6) is -3.35. The predicted molar refractivity (Wildman–Crippen MR) is 111 cm³/mol. The number of aliphatic hydroxyl groups is 3. The summed E-state index contributed by atoms with van der Waals surface area (Å²) < 4.78 is 4.35. The third-order valence-corrected chi connectivity index (χ3v) is 4.66. The van der Waals surface area contributed by atoms with Crippen molar-refractivity contribution in [3.8, 4) is 0 Å². The molecule has 0 spiro atoms. The molecule has 5 N–H and O–H groups in total. The zero-order valence-corrected chi connectivity index (χ0v) is 17.2. The first-order chi connectivity index (χ1) is 15.1. The number of hydrogen-bond acceptors (Lipinski definition) is 8. The van der Waals surface area contributed by atoms with E-state index in [2.05, 4.69) is 4.74 Å². The van der Waals surface area contributed by atoms with Gasteiger partial charge >= 0.3 is 23.9 Å². The molecule has 2 aromatic carbocycles. The van der Waals surface area contributed by atoms with Crippen LogP contribution >= 0.6 is 0 Å². The summed E-state index contributed by atoms with van der Waals surface area (Å²) in [6.45, 7) is 1.35. The first-order valence-electron chi connectivity index (χ1n) is 9.39. The van der Waals surface area contributed by atoms with E-state index in [0.29, 0.717) is 17.5 Å². The topological polar surface area (TPSA) is 179 Å². The number of fused-ring (bicyclic) bond motifs is 1. The summed E-state index contributed by atoms with van der Waals surface area (Å²) in [4.78, 5) is 42.4. The van der Waals surface area contributed by atoms with Crippen molar-refractivity contribution >= 4 is 23.9 Å². The van der Waals surface area contributed by atoms with Crippen molar-refractivity contribution in [3.05, 3.63) is 70.8 Å². The zero-order valence-electron chi connectivity index (χ0n) is 17.2. The molecule has 3 rings (SSSR count). The number of rotatable bonds is 6. The third kappa shape index (κ3) is 6.98. The van der Waals surface area contributed by atoms with Crippen LogP contribution in [0.1, 0.15) is 54.8 Å². The molecular formula is C22H24O10. The van der Waals surface area contributed by atoms with E-state index in [4.69, 9.17) is 25.5 Å². The molecule has 1 aliphatic rings. The van der Waals surface area contributed by atoms with Crippen molar-refractivity contribution in [2.75, 3.05) is 19.8 Å². The number of carbonyl (C=O) groups is 4. The Hall–Kier alpha value is -3.60. The van der Waals surface area contributed by atoms with Crippen LogP contribution in [0.2, 0.25) is 0 Å². The molecule has 0 aliphatic carbocycles. The van der Waals surface area contributed by atoms with Crippen LogP contribution in [0.3, 0.4) is 0 Å². The summed E-state index contributed by atoms with van der Waals surface area (Å²) in [7, 11) is 0. The number of benzene rings is 2. The minimum absolute atomic E-state index is 0.0186. The number of aromatic carboxylic acids is 2. The minimum Gasteiger partial charge on any atom is -0.478 e. The molecule has 0 fully saturated rings. The second kappa shape index (κ2) is 12.3. The van der Waals surface area contributed by atoms with Gasteiger partial charge in [0.15, 0.2) is 0 Å². The molecule has 0 aromatic heterocycles. The van der Waals surface area contributed by atoms with Gasteiger partial charge in [0.2, 0.25) is 0 Å². The van der Waals surface area contributed by atoms with Gasteiger partial charge in [-0.05, 0) is 36.8 Å². The van der Waals surface area contributed by atoms with Crippen molar-refractivity contribution in [3.63, 3.8) is 0 Å². The maximum atomic E-state index is 10.8. The summed E-state index contributed by atoms with van der Waals surface area (Å²) in [6.07, 6.45) is 0.594. The van der Waals surface area contributed by atoms with Gasteiger partial charge in [0.05, 0.1) is 42.1 Å². The Labute approximate surface area is 183 Å². The molecule has 0 amide bonds. The van der Waals surface area contributed by atoms with E-state index >= 15 is 0 Å². The highest BCUT2D eigenvalue weighted by molar-refractivity contribution is 6.14. The number of ether oxygens (including phenoxy) is 1. The van der Waals surface area contributed by atoms with Crippen molar-refractivity contribution in [1.82, 2.24) is 0 Å². The monoisotopic (exact) mass is 448 g/mol. The molecule has 0 bridgehead atoms. The molecule has 0 atom stereocenters. The number of esters is 2. The summed E-state index contributed by atoms with van der Waals surface area (Å²) >= 11 is 0. The Balaban J connectivity index is 0.000000243. The lowest BCUT2D eigenvalue weighted by molar-refractivity contribution is 0.00302. The second-order valence-electron chi connectivity index (χ2n) is 6.74. The van der Waals surface area contributed by atoms with Crippen LogP contribution in [-0.2, 0) is 4.74 Å². The summed E-state index contributed by atoms with van der Waals surface area (Å²) in [5, 5.41) is 43.0. The molecule has 172 valence electrons. The number of carbonyl (C=O) groups excluding carboxylic acids is 2. The number of hydrogen-bond donors (Lipinski definition) is 5. The largest absolute Gasteiger partial charge is 0.478 e. The molecule has 10 heteroatoms. The fourth-order valence-corrected chi connectivity index (χ4v) is 2.30. The standard InChI is InChI=1S/C8H6O4.C8H4O3.C6H14O3/c9-7(10)5-2-1-3-6(4-5)8(11)12;9-7-5-3-1-2-4-6(5)8(10)11-7;1-2-6(3-7,4-8)5-9/h1-4H,(H,9,10)(H,11,12);1-4H;7-9H,2-5H2,1H3. The van der Waals surface area contributed by atoms with Crippen molar-refractivity contribution in [1.29, 1.82) is 0 Å². The van der Waals surface area contributed by atoms with Gasteiger partial charge in [-0.25, -0.2) is 19.2 Å². The van der Waals surface area contributed by atoms with Crippen LogP contribution in [0, 0.1) is 5.41 Å². The van der Waals surface area contributed by atoms with E-state index in [1.54, 1.807) is 24.3 Å². The lowest BCUT2D eigenvalue weighted by atomic mass is 9.88. The maximum absolute atomic E-state index is 10.8. The first-order valence-corrected chi connectivity index (χ1v) is 9.39. The number of carboxylic acid groups (broad SMARTS) is 2. The Morgan fingerprint density at radius 3 is 1.47 bits per heavy atom. The summed E-state index contributed by atoms with van der Waals surface area (Å²) in [6, 6.07) is 11.7. The molecule has 0 unspecified atom stereocenters. The molecule has 0 radical (unpaired) electrons. The SMILES string of the molecule is CCC(CO)(CO)CO.O=C(O)c1cccc(C(=O)O)c1.O=C1OC(=O)c2ccccc21. The maximum Gasteiger partial charge on any atom is 0.346 e. The highest BCUT2D eigenvalue weighted by atomic mass is 16.6. The fourth-order valence-electron chi connectivity index (χ4n) is 2.30. The van der Waals surface area contributed by atoms with Gasteiger partial charge in [0.1, 0.15) is 0 Å². The molecule has 32 heavy (non-hydrogen) atoms. The Kier molecular flexibility index (Phi) is 10.2.